The quantitative estimate of drug-likeness (QED) is 0.833. The lowest BCUT2D eigenvalue weighted by molar-refractivity contribution is 0.0696. The standard InChI is InChI=1S/C13H17NO5S/c15-8-12-5-2-6-14(12)20(18,19)9-10-3-1-4-11(7-10)13(16)17/h1,3-4,7,12,15H,2,5-6,8-9H2,(H,16,17)/t12-/m0/s1. The van der Waals surface area contributed by atoms with Gasteiger partial charge in [-0.2, -0.15) is 4.31 Å². The summed E-state index contributed by atoms with van der Waals surface area (Å²) in [7, 11) is -3.54. The number of aliphatic hydroxyl groups is 1. The van der Waals surface area contributed by atoms with E-state index < -0.39 is 16.0 Å². The molecule has 110 valence electrons. The van der Waals surface area contributed by atoms with Crippen LogP contribution < -0.4 is 0 Å². The third kappa shape index (κ3) is 3.17. The van der Waals surface area contributed by atoms with Crippen molar-refractivity contribution in [2.24, 2.45) is 0 Å². The van der Waals surface area contributed by atoms with E-state index in [-0.39, 0.29) is 24.0 Å². The fraction of sp³-hybridized carbons (Fsp3) is 0.462. The summed E-state index contributed by atoms with van der Waals surface area (Å²) in [5.41, 5.74) is 0.506. The molecule has 0 bridgehead atoms. The molecule has 1 aromatic carbocycles. The Kier molecular flexibility index (Phi) is 4.42. The van der Waals surface area contributed by atoms with Crippen LogP contribution in [0.3, 0.4) is 0 Å². The first-order valence-corrected chi connectivity index (χ1v) is 7.97. The van der Waals surface area contributed by atoms with E-state index in [9.17, 15) is 18.3 Å². The number of aromatic carboxylic acids is 1. The summed E-state index contributed by atoms with van der Waals surface area (Å²) < 4.78 is 26.0. The molecule has 1 aliphatic heterocycles. The highest BCUT2D eigenvalue weighted by Crippen LogP contribution is 2.23. The summed E-state index contributed by atoms with van der Waals surface area (Å²) in [4.78, 5) is 10.9. The molecule has 1 atom stereocenters. The third-order valence-electron chi connectivity index (χ3n) is 3.41. The first kappa shape index (κ1) is 15.0. The zero-order chi connectivity index (χ0) is 14.8. The van der Waals surface area contributed by atoms with E-state index >= 15 is 0 Å². The van der Waals surface area contributed by atoms with E-state index in [2.05, 4.69) is 0 Å². The smallest absolute Gasteiger partial charge is 0.335 e. The van der Waals surface area contributed by atoms with Crippen LogP contribution in [-0.2, 0) is 15.8 Å². The number of aliphatic hydroxyl groups excluding tert-OH is 1. The monoisotopic (exact) mass is 299 g/mol. The Morgan fingerprint density at radius 1 is 1.40 bits per heavy atom. The lowest BCUT2D eigenvalue weighted by Crippen LogP contribution is -2.38. The Labute approximate surface area is 117 Å². The zero-order valence-corrected chi connectivity index (χ0v) is 11.7. The van der Waals surface area contributed by atoms with Crippen LogP contribution in [0.1, 0.15) is 28.8 Å². The first-order chi connectivity index (χ1) is 9.44. The number of nitrogens with zero attached hydrogens (tertiary/aromatic N) is 1. The molecule has 2 rings (SSSR count). The van der Waals surface area contributed by atoms with Crippen molar-refractivity contribution in [2.45, 2.75) is 24.6 Å². The summed E-state index contributed by atoms with van der Waals surface area (Å²) in [5.74, 6) is -1.33. The lowest BCUT2D eigenvalue weighted by atomic mass is 10.1. The Hall–Kier alpha value is -1.44. The fourth-order valence-electron chi connectivity index (χ4n) is 2.45. The van der Waals surface area contributed by atoms with Crippen molar-refractivity contribution < 1.29 is 23.4 Å². The largest absolute Gasteiger partial charge is 0.478 e. The minimum atomic E-state index is -3.54. The van der Waals surface area contributed by atoms with Gasteiger partial charge in [0.05, 0.1) is 17.9 Å². The molecule has 0 amide bonds. The summed E-state index contributed by atoms with van der Waals surface area (Å²) in [6.07, 6.45) is 1.39. The minimum absolute atomic E-state index is 0.0674. The Morgan fingerprint density at radius 2 is 2.15 bits per heavy atom. The number of carboxylic acid groups (broad SMARTS) is 1. The molecule has 7 heteroatoms. The molecule has 0 aliphatic carbocycles. The number of benzene rings is 1. The van der Waals surface area contributed by atoms with Crippen molar-refractivity contribution in [3.63, 3.8) is 0 Å². The molecule has 1 heterocycles. The van der Waals surface area contributed by atoms with Crippen LogP contribution in [0, 0.1) is 0 Å². The average Bonchev–Trinajstić information content (AvgIpc) is 2.87. The van der Waals surface area contributed by atoms with Gasteiger partial charge in [0.15, 0.2) is 0 Å². The second kappa shape index (κ2) is 5.90. The maximum absolute atomic E-state index is 12.3. The van der Waals surface area contributed by atoms with Crippen LogP contribution in [0.15, 0.2) is 24.3 Å². The molecule has 1 aromatic rings. The molecule has 1 saturated heterocycles. The Morgan fingerprint density at radius 3 is 2.80 bits per heavy atom. The van der Waals surface area contributed by atoms with Crippen LogP contribution >= 0.6 is 0 Å². The molecule has 2 N–H and O–H groups in total. The van der Waals surface area contributed by atoms with Crippen LogP contribution in [-0.4, -0.2) is 48.1 Å². The van der Waals surface area contributed by atoms with Gasteiger partial charge in [0.1, 0.15) is 0 Å². The van der Waals surface area contributed by atoms with Crippen molar-refractivity contribution in [3.05, 3.63) is 35.4 Å². The third-order valence-corrected chi connectivity index (χ3v) is 5.31. The zero-order valence-electron chi connectivity index (χ0n) is 10.9. The summed E-state index contributed by atoms with van der Waals surface area (Å²) >= 11 is 0. The number of hydrogen-bond donors (Lipinski definition) is 2. The minimum Gasteiger partial charge on any atom is -0.478 e. The maximum Gasteiger partial charge on any atom is 0.335 e. The van der Waals surface area contributed by atoms with E-state index in [1.54, 1.807) is 6.07 Å². The van der Waals surface area contributed by atoms with Gasteiger partial charge in [-0.1, -0.05) is 12.1 Å². The van der Waals surface area contributed by atoms with Gasteiger partial charge >= 0.3 is 5.97 Å². The highest BCUT2D eigenvalue weighted by atomic mass is 32.2. The van der Waals surface area contributed by atoms with Gasteiger partial charge in [-0.05, 0) is 30.5 Å². The van der Waals surface area contributed by atoms with Crippen molar-refractivity contribution in [1.82, 2.24) is 4.31 Å². The van der Waals surface area contributed by atoms with Crippen molar-refractivity contribution in [2.75, 3.05) is 13.2 Å². The topological polar surface area (TPSA) is 94.9 Å². The molecule has 0 spiro atoms. The normalized spacial score (nSPS) is 20.1. The van der Waals surface area contributed by atoms with Crippen LogP contribution in [0.4, 0.5) is 0 Å². The molecule has 6 nitrogen and oxygen atoms in total. The van der Waals surface area contributed by atoms with Gasteiger partial charge in [-0.25, -0.2) is 13.2 Å². The summed E-state index contributed by atoms with van der Waals surface area (Å²) in [6, 6.07) is 5.55. The van der Waals surface area contributed by atoms with Crippen LogP contribution in [0.25, 0.3) is 0 Å². The Bertz CT molecular complexity index is 599. The number of sulfonamides is 1. The van der Waals surface area contributed by atoms with Gasteiger partial charge in [-0.3, -0.25) is 0 Å². The second-order valence-electron chi connectivity index (χ2n) is 4.85. The number of rotatable bonds is 5. The molecule has 0 radical (unpaired) electrons. The van der Waals surface area contributed by atoms with E-state index in [1.807, 2.05) is 0 Å². The molecular formula is C13H17NO5S. The molecule has 0 unspecified atom stereocenters. The molecular weight excluding hydrogens is 282 g/mol. The second-order valence-corrected chi connectivity index (χ2v) is 6.77. The van der Waals surface area contributed by atoms with Crippen molar-refractivity contribution in [1.29, 1.82) is 0 Å². The molecule has 1 fully saturated rings. The van der Waals surface area contributed by atoms with E-state index in [0.717, 1.165) is 6.42 Å². The highest BCUT2D eigenvalue weighted by Gasteiger charge is 2.33. The number of carboxylic acids is 1. The average molecular weight is 299 g/mol. The summed E-state index contributed by atoms with van der Waals surface area (Å²) in [6.45, 7) is 0.223. The van der Waals surface area contributed by atoms with Crippen LogP contribution in [0.2, 0.25) is 0 Å². The number of carbonyl (C=O) groups is 1. The van der Waals surface area contributed by atoms with Gasteiger partial charge in [0, 0.05) is 12.6 Å². The highest BCUT2D eigenvalue weighted by molar-refractivity contribution is 7.88. The number of hydrogen-bond acceptors (Lipinski definition) is 4. The molecule has 0 saturated carbocycles. The summed E-state index contributed by atoms with van der Waals surface area (Å²) in [5, 5.41) is 18.1. The van der Waals surface area contributed by atoms with E-state index in [0.29, 0.717) is 18.5 Å². The predicted octanol–water partition coefficient (Wildman–Crippen LogP) is 0.671. The maximum atomic E-state index is 12.3. The lowest BCUT2D eigenvalue weighted by Gasteiger charge is -2.22. The SMILES string of the molecule is O=C(O)c1cccc(CS(=O)(=O)N2CCC[C@H]2CO)c1. The van der Waals surface area contributed by atoms with Gasteiger partial charge in [0.2, 0.25) is 10.0 Å². The fourth-order valence-corrected chi connectivity index (χ4v) is 4.25. The van der Waals surface area contributed by atoms with E-state index in [1.165, 1.54) is 22.5 Å². The van der Waals surface area contributed by atoms with E-state index in [4.69, 9.17) is 5.11 Å². The van der Waals surface area contributed by atoms with Crippen molar-refractivity contribution >= 4 is 16.0 Å². The van der Waals surface area contributed by atoms with Gasteiger partial charge in [-0.15, -0.1) is 0 Å². The molecule has 0 aromatic heterocycles. The molecule has 20 heavy (non-hydrogen) atoms. The first-order valence-electron chi connectivity index (χ1n) is 6.36. The predicted molar refractivity (Wildman–Crippen MR) is 72.8 cm³/mol. The Balaban J connectivity index is 2.20. The van der Waals surface area contributed by atoms with Crippen LogP contribution in [0.5, 0.6) is 0 Å². The molecule has 1 aliphatic rings. The van der Waals surface area contributed by atoms with Crippen molar-refractivity contribution in [3.8, 4) is 0 Å². The van der Waals surface area contributed by atoms with Gasteiger partial charge < -0.3 is 10.2 Å². The van der Waals surface area contributed by atoms with Gasteiger partial charge in [0.25, 0.3) is 0 Å².